The zero-order valence-corrected chi connectivity index (χ0v) is 12.0. The summed E-state index contributed by atoms with van der Waals surface area (Å²) < 4.78 is 37.9. The molecule has 1 N–H and O–H groups in total. The minimum atomic E-state index is -4.66. The van der Waals surface area contributed by atoms with E-state index in [4.69, 9.17) is 5.11 Å². The molecule has 0 aliphatic rings. The Morgan fingerprint density at radius 1 is 1.35 bits per heavy atom. The van der Waals surface area contributed by atoms with E-state index in [1.165, 1.54) is 12.1 Å². The number of nitrogens with zero attached hydrogens (tertiary/aromatic N) is 1. The van der Waals surface area contributed by atoms with Crippen molar-refractivity contribution < 1.29 is 27.9 Å². The molecule has 0 unspecified atom stereocenters. The molecule has 110 valence electrons. The maximum Gasteiger partial charge on any atom is 0.406 e. The molecule has 20 heavy (non-hydrogen) atoms. The fourth-order valence-corrected chi connectivity index (χ4v) is 2.09. The fourth-order valence-electron chi connectivity index (χ4n) is 1.62. The Morgan fingerprint density at radius 2 is 1.95 bits per heavy atom. The summed E-state index contributed by atoms with van der Waals surface area (Å²) in [6.45, 7) is -1.05. The van der Waals surface area contributed by atoms with Crippen LogP contribution in [0.4, 0.5) is 13.2 Å². The molecule has 0 bridgehead atoms. The summed E-state index contributed by atoms with van der Waals surface area (Å²) >= 11 is 3.17. The first-order chi connectivity index (χ1) is 9.10. The number of hydrogen-bond acceptors (Lipinski definition) is 2. The first kappa shape index (κ1) is 16.5. The Balaban J connectivity index is 3.06. The van der Waals surface area contributed by atoms with Gasteiger partial charge in [-0.1, -0.05) is 15.9 Å². The lowest BCUT2D eigenvalue weighted by Gasteiger charge is -2.23. The molecule has 1 rings (SSSR count). The number of carboxylic acid groups (broad SMARTS) is 1. The first-order valence-electron chi connectivity index (χ1n) is 5.44. The minimum absolute atomic E-state index is 0.0405. The largest absolute Gasteiger partial charge is 0.480 e. The standard InChI is InChI=1S/C12H11BrF3NO3/c1-7-4-8(13)2-3-9(7)11(20)17(5-10(18)19)6-12(14,15)16/h2-4H,5-6H2,1H3,(H,18,19). The van der Waals surface area contributed by atoms with Crippen LogP contribution >= 0.6 is 15.9 Å². The van der Waals surface area contributed by atoms with Gasteiger partial charge in [0.15, 0.2) is 0 Å². The maximum atomic E-state index is 12.4. The van der Waals surface area contributed by atoms with Crippen LogP contribution in [0, 0.1) is 6.92 Å². The Labute approximate surface area is 121 Å². The quantitative estimate of drug-likeness (QED) is 0.905. The van der Waals surface area contributed by atoms with Gasteiger partial charge in [-0.3, -0.25) is 9.59 Å². The van der Waals surface area contributed by atoms with Crippen LogP contribution in [0.3, 0.4) is 0 Å². The molecular weight excluding hydrogens is 343 g/mol. The average molecular weight is 354 g/mol. The lowest BCUT2D eigenvalue weighted by molar-refractivity contribution is -0.149. The second-order valence-corrected chi connectivity index (χ2v) is 5.05. The number of carbonyl (C=O) groups excluding carboxylic acids is 1. The molecule has 4 nitrogen and oxygen atoms in total. The Kier molecular flexibility index (Phi) is 5.15. The van der Waals surface area contributed by atoms with Crippen LogP contribution in [0.1, 0.15) is 15.9 Å². The van der Waals surface area contributed by atoms with Crippen molar-refractivity contribution >= 4 is 27.8 Å². The van der Waals surface area contributed by atoms with Crippen molar-refractivity contribution in [2.24, 2.45) is 0 Å². The second kappa shape index (κ2) is 6.25. The predicted octanol–water partition coefficient (Wildman–Crippen LogP) is 2.85. The number of aliphatic carboxylic acids is 1. The molecular formula is C12H11BrF3NO3. The molecule has 0 atom stereocenters. The maximum absolute atomic E-state index is 12.4. The highest BCUT2D eigenvalue weighted by Crippen LogP contribution is 2.21. The van der Waals surface area contributed by atoms with Crippen LogP contribution in [0.5, 0.6) is 0 Å². The van der Waals surface area contributed by atoms with E-state index in [1.807, 2.05) is 0 Å². The molecule has 1 aromatic carbocycles. The molecule has 0 aromatic heterocycles. The Bertz CT molecular complexity index is 531. The number of rotatable bonds is 4. The summed E-state index contributed by atoms with van der Waals surface area (Å²) in [5.74, 6) is -2.47. The van der Waals surface area contributed by atoms with Crippen molar-refractivity contribution in [3.8, 4) is 0 Å². The molecule has 0 fully saturated rings. The highest BCUT2D eigenvalue weighted by atomic mass is 79.9. The molecule has 0 aliphatic carbocycles. The summed E-state index contributed by atoms with van der Waals surface area (Å²) in [6.07, 6.45) is -4.66. The number of aryl methyl sites for hydroxylation is 1. The van der Waals surface area contributed by atoms with Gasteiger partial charge in [-0.05, 0) is 30.7 Å². The number of halogens is 4. The van der Waals surface area contributed by atoms with E-state index in [-0.39, 0.29) is 10.5 Å². The van der Waals surface area contributed by atoms with Gasteiger partial charge < -0.3 is 10.0 Å². The summed E-state index contributed by atoms with van der Waals surface area (Å²) in [6, 6.07) is 4.43. The molecule has 1 amide bonds. The van der Waals surface area contributed by atoms with Crippen LogP contribution in [0.25, 0.3) is 0 Å². The molecule has 0 heterocycles. The summed E-state index contributed by atoms with van der Waals surface area (Å²) in [4.78, 5) is 22.9. The molecule has 0 saturated carbocycles. The number of carboxylic acids is 1. The summed E-state index contributed by atoms with van der Waals surface area (Å²) in [5.41, 5.74) is 0.501. The van der Waals surface area contributed by atoms with Crippen LogP contribution in [-0.2, 0) is 4.79 Å². The second-order valence-electron chi connectivity index (χ2n) is 4.13. The highest BCUT2D eigenvalue weighted by Gasteiger charge is 2.34. The van der Waals surface area contributed by atoms with Crippen molar-refractivity contribution in [3.05, 3.63) is 33.8 Å². The van der Waals surface area contributed by atoms with Gasteiger partial charge in [0.05, 0.1) is 0 Å². The lowest BCUT2D eigenvalue weighted by atomic mass is 10.1. The Morgan fingerprint density at radius 3 is 2.40 bits per heavy atom. The zero-order chi connectivity index (χ0) is 15.5. The molecule has 1 aromatic rings. The van der Waals surface area contributed by atoms with E-state index < -0.39 is 31.1 Å². The third kappa shape index (κ3) is 4.84. The molecule has 0 saturated heterocycles. The average Bonchev–Trinajstić information content (AvgIpc) is 2.24. The van der Waals surface area contributed by atoms with E-state index in [1.54, 1.807) is 13.0 Å². The van der Waals surface area contributed by atoms with E-state index in [0.717, 1.165) is 0 Å². The zero-order valence-electron chi connectivity index (χ0n) is 10.4. The third-order valence-electron chi connectivity index (χ3n) is 2.40. The highest BCUT2D eigenvalue weighted by molar-refractivity contribution is 9.10. The minimum Gasteiger partial charge on any atom is -0.480 e. The Hall–Kier alpha value is -1.57. The van der Waals surface area contributed by atoms with Gasteiger partial charge >= 0.3 is 12.1 Å². The van der Waals surface area contributed by atoms with Gasteiger partial charge in [0, 0.05) is 10.0 Å². The van der Waals surface area contributed by atoms with E-state index in [9.17, 15) is 22.8 Å². The normalized spacial score (nSPS) is 11.2. The molecule has 0 spiro atoms. The van der Waals surface area contributed by atoms with Gasteiger partial charge in [0.1, 0.15) is 13.1 Å². The van der Waals surface area contributed by atoms with Crippen molar-refractivity contribution in [1.82, 2.24) is 4.90 Å². The monoisotopic (exact) mass is 353 g/mol. The SMILES string of the molecule is Cc1cc(Br)ccc1C(=O)N(CC(=O)O)CC(F)(F)F. The van der Waals surface area contributed by atoms with E-state index in [2.05, 4.69) is 15.9 Å². The number of benzene rings is 1. The topological polar surface area (TPSA) is 57.6 Å². The summed E-state index contributed by atoms with van der Waals surface area (Å²) in [7, 11) is 0. The number of hydrogen-bond donors (Lipinski definition) is 1. The van der Waals surface area contributed by atoms with Gasteiger partial charge in [0.25, 0.3) is 5.91 Å². The van der Waals surface area contributed by atoms with E-state index in [0.29, 0.717) is 10.0 Å². The number of amides is 1. The first-order valence-corrected chi connectivity index (χ1v) is 6.23. The molecule has 8 heteroatoms. The predicted molar refractivity (Wildman–Crippen MR) is 68.5 cm³/mol. The lowest BCUT2D eigenvalue weighted by Crippen LogP contribution is -2.42. The van der Waals surface area contributed by atoms with Crippen molar-refractivity contribution in [1.29, 1.82) is 0 Å². The van der Waals surface area contributed by atoms with Gasteiger partial charge in [0.2, 0.25) is 0 Å². The molecule has 0 radical (unpaired) electrons. The van der Waals surface area contributed by atoms with Crippen LogP contribution in [0.15, 0.2) is 22.7 Å². The van der Waals surface area contributed by atoms with Crippen molar-refractivity contribution in [3.63, 3.8) is 0 Å². The van der Waals surface area contributed by atoms with Crippen molar-refractivity contribution in [2.45, 2.75) is 13.1 Å². The number of carbonyl (C=O) groups is 2. The molecule has 0 aliphatic heterocycles. The summed E-state index contributed by atoms with van der Waals surface area (Å²) in [5, 5.41) is 8.62. The van der Waals surface area contributed by atoms with Gasteiger partial charge in [-0.2, -0.15) is 13.2 Å². The third-order valence-corrected chi connectivity index (χ3v) is 2.90. The smallest absolute Gasteiger partial charge is 0.406 e. The van der Waals surface area contributed by atoms with Gasteiger partial charge in [-0.25, -0.2) is 0 Å². The fraction of sp³-hybridized carbons (Fsp3) is 0.333. The van der Waals surface area contributed by atoms with Crippen LogP contribution in [-0.4, -0.2) is 41.1 Å². The van der Waals surface area contributed by atoms with Crippen LogP contribution < -0.4 is 0 Å². The number of alkyl halides is 3. The van der Waals surface area contributed by atoms with Crippen LogP contribution in [0.2, 0.25) is 0 Å². The van der Waals surface area contributed by atoms with E-state index >= 15 is 0 Å². The van der Waals surface area contributed by atoms with Gasteiger partial charge in [-0.15, -0.1) is 0 Å². The van der Waals surface area contributed by atoms with Crippen molar-refractivity contribution in [2.75, 3.05) is 13.1 Å².